The second kappa shape index (κ2) is 4.84. The molecule has 0 unspecified atom stereocenters. The van der Waals surface area contributed by atoms with E-state index in [9.17, 15) is 4.79 Å². The summed E-state index contributed by atoms with van der Waals surface area (Å²) in [5.41, 5.74) is 0.329. The summed E-state index contributed by atoms with van der Waals surface area (Å²) < 4.78 is 5.48. The molecule has 0 amide bonds. The number of hydrogen-bond acceptors (Lipinski definition) is 2. The molecule has 78 valence electrons. The van der Waals surface area contributed by atoms with Crippen LogP contribution in [0.2, 0.25) is 0 Å². The van der Waals surface area contributed by atoms with Gasteiger partial charge in [-0.15, -0.1) is 0 Å². The number of hydrogen-bond donors (Lipinski definition) is 1. The highest BCUT2D eigenvalue weighted by Gasteiger charge is 2.15. The minimum atomic E-state index is -0.889. The first-order valence-corrected chi connectivity index (χ1v) is 5.03. The van der Waals surface area contributed by atoms with Crippen LogP contribution in [0.25, 0.3) is 0 Å². The predicted molar refractivity (Wildman–Crippen MR) is 53.7 cm³/mol. The van der Waals surface area contributed by atoms with Crippen LogP contribution in [0.3, 0.4) is 0 Å². The summed E-state index contributed by atoms with van der Waals surface area (Å²) in [5.74, 6) is 0.511. The first-order chi connectivity index (χ1) is 6.69. The zero-order valence-electron chi connectivity index (χ0n) is 8.67. The Morgan fingerprint density at radius 2 is 2.00 bits per heavy atom. The van der Waals surface area contributed by atoms with E-state index in [1.54, 1.807) is 6.07 Å². The summed E-state index contributed by atoms with van der Waals surface area (Å²) in [6, 6.07) is 1.65. The maximum Gasteiger partial charge on any atom is 0.339 e. The van der Waals surface area contributed by atoms with Crippen LogP contribution in [0.1, 0.15) is 48.6 Å². The third kappa shape index (κ3) is 2.37. The summed E-state index contributed by atoms with van der Waals surface area (Å²) in [4.78, 5) is 10.9. The van der Waals surface area contributed by atoms with Crippen molar-refractivity contribution in [2.75, 3.05) is 0 Å². The molecule has 0 saturated carbocycles. The van der Waals surface area contributed by atoms with Gasteiger partial charge in [0, 0.05) is 12.8 Å². The van der Waals surface area contributed by atoms with Gasteiger partial charge in [0.15, 0.2) is 0 Å². The van der Waals surface area contributed by atoms with Crippen molar-refractivity contribution in [1.29, 1.82) is 0 Å². The van der Waals surface area contributed by atoms with Gasteiger partial charge in [-0.25, -0.2) is 4.79 Å². The maximum absolute atomic E-state index is 10.9. The number of carboxylic acid groups (broad SMARTS) is 1. The van der Waals surface area contributed by atoms with E-state index >= 15 is 0 Å². The molecule has 0 bridgehead atoms. The molecule has 1 N–H and O–H groups in total. The summed E-state index contributed by atoms with van der Waals surface area (Å²) in [5, 5.41) is 8.91. The largest absolute Gasteiger partial charge is 0.478 e. The molecular formula is C11H16O3. The molecule has 1 rings (SSSR count). The van der Waals surface area contributed by atoms with E-state index in [1.165, 1.54) is 0 Å². The molecule has 0 radical (unpaired) electrons. The fourth-order valence-electron chi connectivity index (χ4n) is 1.45. The smallest absolute Gasteiger partial charge is 0.339 e. The molecule has 14 heavy (non-hydrogen) atoms. The normalized spacial score (nSPS) is 10.4. The minimum absolute atomic E-state index is 0.329. The summed E-state index contributed by atoms with van der Waals surface area (Å²) in [7, 11) is 0. The number of carbonyl (C=O) groups is 1. The van der Waals surface area contributed by atoms with Crippen LogP contribution in [0.15, 0.2) is 10.5 Å². The van der Waals surface area contributed by atoms with Crippen LogP contribution in [0.5, 0.6) is 0 Å². The number of carboxylic acids is 1. The first kappa shape index (κ1) is 10.8. The minimum Gasteiger partial charge on any atom is -0.478 e. The molecule has 0 aliphatic heterocycles. The van der Waals surface area contributed by atoms with Crippen LogP contribution in [0, 0.1) is 0 Å². The van der Waals surface area contributed by atoms with Crippen molar-refractivity contribution in [2.45, 2.75) is 39.5 Å². The summed E-state index contributed by atoms with van der Waals surface area (Å²) >= 11 is 0. The van der Waals surface area contributed by atoms with Crippen molar-refractivity contribution in [3.05, 3.63) is 23.2 Å². The van der Waals surface area contributed by atoms with Gasteiger partial charge in [-0.2, -0.15) is 0 Å². The van der Waals surface area contributed by atoms with Crippen LogP contribution < -0.4 is 0 Å². The zero-order chi connectivity index (χ0) is 10.6. The predicted octanol–water partition coefficient (Wildman–Crippen LogP) is 2.88. The topological polar surface area (TPSA) is 50.4 Å². The Bertz CT molecular complexity index is 312. The number of furan rings is 1. The fraction of sp³-hybridized carbons (Fsp3) is 0.545. The lowest BCUT2D eigenvalue weighted by atomic mass is 10.1. The van der Waals surface area contributed by atoms with Crippen molar-refractivity contribution in [1.82, 2.24) is 0 Å². The average molecular weight is 196 g/mol. The van der Waals surface area contributed by atoms with Gasteiger partial charge in [0.1, 0.15) is 17.1 Å². The van der Waals surface area contributed by atoms with Crippen LogP contribution in [-0.4, -0.2) is 11.1 Å². The Morgan fingerprint density at radius 1 is 1.36 bits per heavy atom. The average Bonchev–Trinajstić information content (AvgIpc) is 2.49. The quantitative estimate of drug-likeness (QED) is 0.787. The van der Waals surface area contributed by atoms with Gasteiger partial charge in [0.2, 0.25) is 0 Å². The van der Waals surface area contributed by atoms with Gasteiger partial charge in [0.05, 0.1) is 0 Å². The first-order valence-electron chi connectivity index (χ1n) is 5.03. The Balaban J connectivity index is 2.93. The Kier molecular flexibility index (Phi) is 3.74. The van der Waals surface area contributed by atoms with Gasteiger partial charge < -0.3 is 9.52 Å². The van der Waals surface area contributed by atoms with Crippen molar-refractivity contribution in [3.63, 3.8) is 0 Å². The highest BCUT2D eigenvalue weighted by atomic mass is 16.4. The Hall–Kier alpha value is -1.25. The van der Waals surface area contributed by atoms with Gasteiger partial charge in [-0.3, -0.25) is 0 Å². The molecule has 0 aliphatic carbocycles. The monoisotopic (exact) mass is 196 g/mol. The van der Waals surface area contributed by atoms with E-state index in [0.717, 1.165) is 25.0 Å². The van der Waals surface area contributed by atoms with Gasteiger partial charge in [0.25, 0.3) is 0 Å². The third-order valence-electron chi connectivity index (χ3n) is 2.06. The molecule has 0 aromatic carbocycles. The zero-order valence-corrected chi connectivity index (χ0v) is 8.67. The van der Waals surface area contributed by atoms with Crippen molar-refractivity contribution in [3.8, 4) is 0 Å². The lowest BCUT2D eigenvalue weighted by molar-refractivity contribution is 0.0694. The van der Waals surface area contributed by atoms with Crippen LogP contribution in [-0.2, 0) is 12.8 Å². The van der Waals surface area contributed by atoms with Crippen molar-refractivity contribution >= 4 is 5.97 Å². The summed E-state index contributed by atoms with van der Waals surface area (Å²) in [6.07, 6.45) is 3.38. The van der Waals surface area contributed by atoms with E-state index in [1.807, 2.05) is 13.8 Å². The molecule has 1 aromatic rings. The van der Waals surface area contributed by atoms with Crippen molar-refractivity contribution in [2.24, 2.45) is 0 Å². The van der Waals surface area contributed by atoms with E-state index in [2.05, 4.69) is 0 Å². The lowest BCUT2D eigenvalue weighted by Crippen LogP contribution is -1.98. The molecule has 0 aliphatic rings. The second-order valence-corrected chi connectivity index (χ2v) is 3.35. The number of rotatable bonds is 5. The standard InChI is InChI=1S/C11H16O3/c1-3-5-8-7-9(11(12)13)10(14-8)6-4-2/h7H,3-6H2,1-2H3,(H,12,13). The van der Waals surface area contributed by atoms with Crippen molar-refractivity contribution < 1.29 is 14.3 Å². The number of aryl methyl sites for hydroxylation is 2. The molecular weight excluding hydrogens is 180 g/mol. The molecule has 0 atom stereocenters. The molecule has 1 aromatic heterocycles. The van der Waals surface area contributed by atoms with Gasteiger partial charge in [-0.1, -0.05) is 13.8 Å². The molecule has 0 fully saturated rings. The summed E-state index contributed by atoms with van der Waals surface area (Å²) in [6.45, 7) is 4.05. The highest BCUT2D eigenvalue weighted by Crippen LogP contribution is 2.18. The molecule has 1 heterocycles. The van der Waals surface area contributed by atoms with Crippen LogP contribution in [0.4, 0.5) is 0 Å². The molecule has 0 saturated heterocycles. The van der Waals surface area contributed by atoms with Crippen LogP contribution >= 0.6 is 0 Å². The Labute approximate surface area is 83.7 Å². The molecule has 3 nitrogen and oxygen atoms in total. The SMILES string of the molecule is CCCc1cc(C(=O)O)c(CCC)o1. The van der Waals surface area contributed by atoms with Gasteiger partial charge >= 0.3 is 5.97 Å². The molecule has 0 spiro atoms. The highest BCUT2D eigenvalue weighted by molar-refractivity contribution is 5.88. The Morgan fingerprint density at radius 3 is 2.50 bits per heavy atom. The van der Waals surface area contributed by atoms with E-state index in [-0.39, 0.29) is 0 Å². The van der Waals surface area contributed by atoms with E-state index in [0.29, 0.717) is 17.7 Å². The number of aromatic carboxylic acids is 1. The molecule has 3 heteroatoms. The second-order valence-electron chi connectivity index (χ2n) is 3.35. The fourth-order valence-corrected chi connectivity index (χ4v) is 1.45. The lowest BCUT2D eigenvalue weighted by Gasteiger charge is -1.94. The third-order valence-corrected chi connectivity index (χ3v) is 2.06. The maximum atomic E-state index is 10.9. The van der Waals surface area contributed by atoms with E-state index < -0.39 is 5.97 Å². The van der Waals surface area contributed by atoms with E-state index in [4.69, 9.17) is 9.52 Å². The van der Waals surface area contributed by atoms with Gasteiger partial charge in [-0.05, 0) is 18.9 Å².